The molecule has 1 atom stereocenters. The number of hydrogen-bond donors (Lipinski definition) is 1. The van der Waals surface area contributed by atoms with E-state index >= 15 is 0 Å². The molecule has 100 valence electrons. The molecule has 0 bridgehead atoms. The fourth-order valence-corrected chi connectivity index (χ4v) is 2.13. The van der Waals surface area contributed by atoms with E-state index in [1.54, 1.807) is 0 Å². The number of aliphatic hydroxyl groups excluding tert-OH is 1. The zero-order chi connectivity index (χ0) is 13.8. The normalized spacial score (nSPS) is 12.5. The van der Waals surface area contributed by atoms with Crippen LogP contribution in [0.1, 0.15) is 31.1 Å². The second kappa shape index (κ2) is 6.22. The average Bonchev–Trinajstić information content (AvgIpc) is 2.38. The van der Waals surface area contributed by atoms with Gasteiger partial charge in [0.15, 0.2) is 0 Å². The van der Waals surface area contributed by atoms with Crippen molar-refractivity contribution in [3.05, 3.63) is 64.1 Å². The van der Waals surface area contributed by atoms with Crippen LogP contribution in [-0.2, 0) is 0 Å². The summed E-state index contributed by atoms with van der Waals surface area (Å²) < 4.78 is 6.64. The summed E-state index contributed by atoms with van der Waals surface area (Å²) in [4.78, 5) is 0. The maximum absolute atomic E-state index is 10.4. The molecule has 2 aromatic rings. The molecule has 0 saturated carbocycles. The quantitative estimate of drug-likeness (QED) is 0.909. The third-order valence-electron chi connectivity index (χ3n) is 2.73. The molecule has 19 heavy (non-hydrogen) atoms. The predicted octanol–water partition coefficient (Wildman–Crippen LogP) is 4.32. The first kappa shape index (κ1) is 14.1. The van der Waals surface area contributed by atoms with Crippen molar-refractivity contribution in [2.45, 2.75) is 26.1 Å². The van der Waals surface area contributed by atoms with Gasteiger partial charge in [0.05, 0.1) is 6.10 Å². The van der Waals surface area contributed by atoms with Gasteiger partial charge in [0.25, 0.3) is 0 Å². The lowest BCUT2D eigenvalue weighted by Crippen LogP contribution is -2.06. The van der Waals surface area contributed by atoms with E-state index < -0.39 is 6.10 Å². The molecule has 0 radical (unpaired) electrons. The number of rotatable bonds is 4. The molecule has 1 N–H and O–H groups in total. The second-order valence-electron chi connectivity index (χ2n) is 4.69. The van der Waals surface area contributed by atoms with E-state index in [0.717, 1.165) is 21.3 Å². The van der Waals surface area contributed by atoms with Crippen molar-refractivity contribution in [2.75, 3.05) is 0 Å². The van der Waals surface area contributed by atoms with Gasteiger partial charge in [-0.15, -0.1) is 0 Å². The molecule has 0 heterocycles. The van der Waals surface area contributed by atoms with Crippen molar-refractivity contribution < 1.29 is 9.84 Å². The van der Waals surface area contributed by atoms with Gasteiger partial charge in [-0.1, -0.05) is 40.2 Å². The minimum atomic E-state index is -0.635. The first-order chi connectivity index (χ1) is 9.06. The van der Waals surface area contributed by atoms with Crippen LogP contribution in [0.15, 0.2) is 53.0 Å². The van der Waals surface area contributed by atoms with Crippen LogP contribution in [0.3, 0.4) is 0 Å². The van der Waals surface area contributed by atoms with E-state index in [9.17, 15) is 5.11 Å². The Kier molecular flexibility index (Phi) is 4.61. The average molecular weight is 321 g/mol. The Balaban J connectivity index is 2.23. The summed E-state index contributed by atoms with van der Waals surface area (Å²) >= 11 is 3.39. The summed E-state index contributed by atoms with van der Waals surface area (Å²) in [5.74, 6) is 0.781. The Morgan fingerprint density at radius 1 is 1.00 bits per heavy atom. The molecule has 0 aliphatic heterocycles. The Labute approximate surface area is 122 Å². The molecule has 0 aliphatic rings. The second-order valence-corrected chi connectivity index (χ2v) is 5.61. The van der Waals surface area contributed by atoms with E-state index in [4.69, 9.17) is 4.74 Å². The Hall–Kier alpha value is -1.32. The molecular formula is C16H17BrO2. The van der Waals surface area contributed by atoms with Crippen LogP contribution in [0.25, 0.3) is 0 Å². The summed E-state index contributed by atoms with van der Waals surface area (Å²) in [6.45, 7) is 3.97. The van der Waals surface area contributed by atoms with Crippen LogP contribution in [-0.4, -0.2) is 11.2 Å². The zero-order valence-corrected chi connectivity index (χ0v) is 12.6. The molecule has 0 unspecified atom stereocenters. The minimum absolute atomic E-state index is 0.125. The van der Waals surface area contributed by atoms with Crippen LogP contribution in [0.5, 0.6) is 5.75 Å². The number of aliphatic hydroxyl groups is 1. The monoisotopic (exact) mass is 320 g/mol. The van der Waals surface area contributed by atoms with Gasteiger partial charge in [0.1, 0.15) is 11.9 Å². The molecule has 2 aromatic carbocycles. The third kappa shape index (κ3) is 3.82. The number of ether oxygens (including phenoxy) is 1. The van der Waals surface area contributed by atoms with Crippen molar-refractivity contribution in [3.63, 3.8) is 0 Å². The van der Waals surface area contributed by atoms with Gasteiger partial charge in [-0.25, -0.2) is 0 Å². The highest BCUT2D eigenvalue weighted by Gasteiger charge is 2.11. The van der Waals surface area contributed by atoms with Crippen molar-refractivity contribution >= 4 is 15.9 Å². The molecule has 2 rings (SSSR count). The first-order valence-corrected chi connectivity index (χ1v) is 7.05. The van der Waals surface area contributed by atoms with E-state index in [1.165, 1.54) is 0 Å². The van der Waals surface area contributed by atoms with Crippen molar-refractivity contribution in [1.82, 2.24) is 0 Å². The van der Waals surface area contributed by atoms with Crippen LogP contribution < -0.4 is 4.74 Å². The summed E-state index contributed by atoms with van der Waals surface area (Å²) in [6.07, 6.45) is -0.510. The Morgan fingerprint density at radius 3 is 2.32 bits per heavy atom. The Bertz CT molecular complexity index is 535. The molecule has 0 amide bonds. The van der Waals surface area contributed by atoms with Crippen LogP contribution in [0.4, 0.5) is 0 Å². The largest absolute Gasteiger partial charge is 0.491 e. The lowest BCUT2D eigenvalue weighted by molar-refractivity contribution is 0.216. The van der Waals surface area contributed by atoms with Crippen LogP contribution >= 0.6 is 15.9 Å². The van der Waals surface area contributed by atoms with Crippen LogP contribution in [0, 0.1) is 0 Å². The molecule has 0 spiro atoms. The highest BCUT2D eigenvalue weighted by molar-refractivity contribution is 9.10. The molecule has 3 heteroatoms. The molecule has 2 nitrogen and oxygen atoms in total. The van der Waals surface area contributed by atoms with Gasteiger partial charge in [-0.3, -0.25) is 0 Å². The van der Waals surface area contributed by atoms with E-state index in [2.05, 4.69) is 15.9 Å². The first-order valence-electron chi connectivity index (χ1n) is 6.26. The van der Waals surface area contributed by atoms with Gasteiger partial charge in [0.2, 0.25) is 0 Å². The molecule has 0 aliphatic carbocycles. The van der Waals surface area contributed by atoms with Crippen molar-refractivity contribution in [3.8, 4) is 5.75 Å². The van der Waals surface area contributed by atoms with Gasteiger partial charge < -0.3 is 9.84 Å². The van der Waals surface area contributed by atoms with Gasteiger partial charge in [-0.2, -0.15) is 0 Å². The van der Waals surface area contributed by atoms with E-state index in [1.807, 2.05) is 62.4 Å². The zero-order valence-electron chi connectivity index (χ0n) is 11.0. The lowest BCUT2D eigenvalue weighted by atomic mass is 10.0. The summed E-state index contributed by atoms with van der Waals surface area (Å²) in [5.41, 5.74) is 1.70. The highest BCUT2D eigenvalue weighted by Crippen LogP contribution is 2.26. The summed E-state index contributed by atoms with van der Waals surface area (Å²) in [5, 5.41) is 10.4. The topological polar surface area (TPSA) is 29.5 Å². The fraction of sp³-hybridized carbons (Fsp3) is 0.250. The van der Waals surface area contributed by atoms with Gasteiger partial charge in [0, 0.05) is 4.47 Å². The highest BCUT2D eigenvalue weighted by atomic mass is 79.9. The van der Waals surface area contributed by atoms with Crippen molar-refractivity contribution in [2.24, 2.45) is 0 Å². The maximum Gasteiger partial charge on any atom is 0.120 e. The smallest absolute Gasteiger partial charge is 0.120 e. The van der Waals surface area contributed by atoms with E-state index in [-0.39, 0.29) is 6.10 Å². The maximum atomic E-state index is 10.4. The van der Waals surface area contributed by atoms with Gasteiger partial charge >= 0.3 is 0 Å². The Morgan fingerprint density at radius 2 is 1.68 bits per heavy atom. The number of benzene rings is 2. The SMILES string of the molecule is CC(C)Oc1cccc([C@H](O)c2ccc(Br)cc2)c1. The summed E-state index contributed by atoms with van der Waals surface area (Å²) in [6, 6.07) is 15.2. The molecule has 0 fully saturated rings. The van der Waals surface area contributed by atoms with Crippen molar-refractivity contribution in [1.29, 1.82) is 0 Å². The standard InChI is InChI=1S/C16H17BrO2/c1-11(2)19-15-5-3-4-13(10-15)16(18)12-6-8-14(17)9-7-12/h3-11,16,18H,1-2H3/t16-/m1/s1. The fourth-order valence-electron chi connectivity index (χ4n) is 1.87. The lowest BCUT2D eigenvalue weighted by Gasteiger charge is -2.14. The minimum Gasteiger partial charge on any atom is -0.491 e. The molecule has 0 aromatic heterocycles. The van der Waals surface area contributed by atoms with Crippen LogP contribution in [0.2, 0.25) is 0 Å². The molecular weight excluding hydrogens is 304 g/mol. The predicted molar refractivity (Wildman–Crippen MR) is 80.4 cm³/mol. The number of hydrogen-bond acceptors (Lipinski definition) is 2. The molecule has 0 saturated heterocycles. The summed E-state index contributed by atoms with van der Waals surface area (Å²) in [7, 11) is 0. The third-order valence-corrected chi connectivity index (χ3v) is 3.26. The van der Waals surface area contributed by atoms with Gasteiger partial charge in [-0.05, 0) is 49.2 Å². The number of halogens is 1. The van der Waals surface area contributed by atoms with E-state index in [0.29, 0.717) is 0 Å².